The minimum atomic E-state index is 0.541. The molecule has 6 heteroatoms. The molecule has 0 N–H and O–H groups in total. The van der Waals surface area contributed by atoms with Crippen molar-refractivity contribution in [1.29, 1.82) is 0 Å². The molecule has 1 aromatic carbocycles. The quantitative estimate of drug-likeness (QED) is 0.551. The molecule has 1 aliphatic heterocycles. The molecule has 2 aliphatic rings. The first-order valence-electron chi connectivity index (χ1n) is 11.0. The van der Waals surface area contributed by atoms with Gasteiger partial charge in [0.25, 0.3) is 0 Å². The highest BCUT2D eigenvalue weighted by Gasteiger charge is 2.26. The molecule has 29 heavy (non-hydrogen) atoms. The van der Waals surface area contributed by atoms with Crippen LogP contribution >= 0.6 is 11.5 Å². The topological polar surface area (TPSA) is 43.2 Å². The van der Waals surface area contributed by atoms with E-state index in [2.05, 4.69) is 34.6 Å². The largest absolute Gasteiger partial charge is 0.495 e. The van der Waals surface area contributed by atoms with Crippen LogP contribution in [0.25, 0.3) is 22.3 Å². The van der Waals surface area contributed by atoms with Gasteiger partial charge in [-0.05, 0) is 63.3 Å². The molecule has 5 rings (SSSR count). The molecule has 3 aromatic rings. The maximum Gasteiger partial charge on any atom is 0.175 e. The van der Waals surface area contributed by atoms with E-state index in [4.69, 9.17) is 14.1 Å². The summed E-state index contributed by atoms with van der Waals surface area (Å²) in [6.45, 7) is 5.55. The first-order chi connectivity index (χ1) is 14.3. The molecule has 0 bridgehead atoms. The van der Waals surface area contributed by atoms with E-state index in [0.29, 0.717) is 6.04 Å². The summed E-state index contributed by atoms with van der Waals surface area (Å²) in [6.07, 6.45) is 9.07. The van der Waals surface area contributed by atoms with Crippen molar-refractivity contribution >= 4 is 22.4 Å². The molecule has 1 saturated carbocycles. The number of hydrogen-bond acceptors (Lipinski definition) is 5. The van der Waals surface area contributed by atoms with Gasteiger partial charge in [0.1, 0.15) is 10.8 Å². The molecule has 1 saturated heterocycles. The third-order valence-electron chi connectivity index (χ3n) is 6.64. The van der Waals surface area contributed by atoms with Crippen molar-refractivity contribution < 1.29 is 4.74 Å². The van der Waals surface area contributed by atoms with Crippen molar-refractivity contribution in [2.75, 3.05) is 20.2 Å². The Labute approximate surface area is 176 Å². The monoisotopic (exact) mass is 410 g/mol. The van der Waals surface area contributed by atoms with Crippen molar-refractivity contribution in [3.05, 3.63) is 28.9 Å². The minimum Gasteiger partial charge on any atom is -0.495 e. The normalized spacial score (nSPS) is 18.7. The van der Waals surface area contributed by atoms with Crippen molar-refractivity contribution in [3.8, 4) is 17.1 Å². The summed E-state index contributed by atoms with van der Waals surface area (Å²) in [6, 6.07) is 6.92. The van der Waals surface area contributed by atoms with Crippen LogP contribution in [0.1, 0.15) is 61.7 Å². The van der Waals surface area contributed by atoms with E-state index in [1.807, 2.05) is 0 Å². The fraction of sp³-hybridized carbons (Fsp3) is 0.565. The van der Waals surface area contributed by atoms with E-state index < -0.39 is 0 Å². The van der Waals surface area contributed by atoms with E-state index in [0.717, 1.165) is 23.1 Å². The number of rotatable bonds is 5. The third-order valence-corrected chi connectivity index (χ3v) is 7.34. The van der Waals surface area contributed by atoms with E-state index in [9.17, 15) is 0 Å². The molecule has 154 valence electrons. The molecule has 0 amide bonds. The maximum atomic E-state index is 5.79. The number of fused-ring (bicyclic) bond motifs is 1. The van der Waals surface area contributed by atoms with E-state index in [1.165, 1.54) is 80.2 Å². The lowest BCUT2D eigenvalue weighted by Gasteiger charge is -2.26. The van der Waals surface area contributed by atoms with Crippen LogP contribution in [0.15, 0.2) is 18.2 Å². The van der Waals surface area contributed by atoms with Crippen LogP contribution in [0.2, 0.25) is 0 Å². The van der Waals surface area contributed by atoms with Gasteiger partial charge in [-0.1, -0.05) is 31.4 Å². The van der Waals surface area contributed by atoms with Crippen molar-refractivity contribution in [3.63, 3.8) is 0 Å². The molecule has 1 aliphatic carbocycles. The lowest BCUT2D eigenvalue weighted by molar-refractivity contribution is 0.331. The van der Waals surface area contributed by atoms with Gasteiger partial charge < -0.3 is 9.30 Å². The summed E-state index contributed by atoms with van der Waals surface area (Å²) >= 11 is 1.56. The van der Waals surface area contributed by atoms with Crippen LogP contribution in [0.4, 0.5) is 0 Å². The molecular weight excluding hydrogens is 380 g/mol. The second-order valence-electron chi connectivity index (χ2n) is 8.47. The Kier molecular flexibility index (Phi) is 5.31. The lowest BCUT2D eigenvalue weighted by atomic mass is 9.95. The molecule has 3 heterocycles. The van der Waals surface area contributed by atoms with Gasteiger partial charge in [0.05, 0.1) is 19.2 Å². The second-order valence-corrected chi connectivity index (χ2v) is 9.31. The second kappa shape index (κ2) is 8.07. The SMILES string of the molecule is COc1cccc2c(-c3nsc(CN4CCCC4)n3)c(C)n(C3CCCCC3)c12. The Morgan fingerprint density at radius 2 is 1.90 bits per heavy atom. The van der Waals surface area contributed by atoms with Gasteiger partial charge in [-0.2, -0.15) is 4.37 Å². The standard InChI is InChI=1S/C23H30N4OS/c1-16-21(23-24-20(29-25-23)15-26-13-6-7-14-26)18-11-8-12-19(28-2)22(18)27(16)17-9-4-3-5-10-17/h8,11-12,17H,3-7,9-10,13-15H2,1-2H3. The van der Waals surface area contributed by atoms with Gasteiger partial charge in [0.15, 0.2) is 5.82 Å². The van der Waals surface area contributed by atoms with Crippen LogP contribution in [-0.4, -0.2) is 39.0 Å². The number of likely N-dealkylation sites (tertiary alicyclic amines) is 1. The Bertz CT molecular complexity index is 996. The summed E-state index contributed by atoms with van der Waals surface area (Å²) in [4.78, 5) is 7.47. The summed E-state index contributed by atoms with van der Waals surface area (Å²) in [5.74, 6) is 1.84. The lowest BCUT2D eigenvalue weighted by Crippen LogP contribution is -2.18. The van der Waals surface area contributed by atoms with Crippen LogP contribution in [0, 0.1) is 6.92 Å². The number of hydrogen-bond donors (Lipinski definition) is 0. The van der Waals surface area contributed by atoms with Gasteiger partial charge in [0.2, 0.25) is 0 Å². The zero-order chi connectivity index (χ0) is 19.8. The summed E-state index contributed by atoms with van der Waals surface area (Å²) < 4.78 is 13.1. The molecule has 0 atom stereocenters. The highest BCUT2D eigenvalue weighted by Crippen LogP contribution is 2.42. The van der Waals surface area contributed by atoms with E-state index >= 15 is 0 Å². The zero-order valence-corrected chi connectivity index (χ0v) is 18.3. The van der Waals surface area contributed by atoms with Gasteiger partial charge in [-0.15, -0.1) is 0 Å². The molecular formula is C23H30N4OS. The fourth-order valence-corrected chi connectivity index (χ4v) is 5.94. The van der Waals surface area contributed by atoms with Crippen molar-refractivity contribution in [2.24, 2.45) is 0 Å². The third kappa shape index (κ3) is 3.46. The summed E-state index contributed by atoms with van der Waals surface area (Å²) in [7, 11) is 1.78. The predicted octanol–water partition coefficient (Wildman–Crippen LogP) is 5.58. The summed E-state index contributed by atoms with van der Waals surface area (Å²) in [5, 5.41) is 2.35. The molecule has 5 nitrogen and oxygen atoms in total. The smallest absolute Gasteiger partial charge is 0.175 e. The number of para-hydroxylation sites is 1. The Morgan fingerprint density at radius 1 is 1.10 bits per heavy atom. The van der Waals surface area contributed by atoms with E-state index in [-0.39, 0.29) is 0 Å². The average molecular weight is 411 g/mol. The molecule has 2 fully saturated rings. The first kappa shape index (κ1) is 19.1. The number of methoxy groups -OCH3 is 1. The number of nitrogens with zero attached hydrogens (tertiary/aromatic N) is 4. The Morgan fingerprint density at radius 3 is 2.66 bits per heavy atom. The number of ether oxygens (including phenoxy) is 1. The molecule has 2 aromatic heterocycles. The van der Waals surface area contributed by atoms with Crippen LogP contribution in [0.5, 0.6) is 5.75 Å². The first-order valence-corrected chi connectivity index (χ1v) is 11.8. The van der Waals surface area contributed by atoms with Crippen LogP contribution < -0.4 is 4.74 Å². The van der Waals surface area contributed by atoms with Crippen molar-refractivity contribution in [1.82, 2.24) is 18.8 Å². The minimum absolute atomic E-state index is 0.541. The Balaban J connectivity index is 1.60. The van der Waals surface area contributed by atoms with Crippen LogP contribution in [0.3, 0.4) is 0 Å². The molecule has 0 spiro atoms. The van der Waals surface area contributed by atoms with Crippen molar-refractivity contribution in [2.45, 2.75) is 64.5 Å². The van der Waals surface area contributed by atoms with Gasteiger partial charge >= 0.3 is 0 Å². The highest BCUT2D eigenvalue weighted by atomic mass is 32.1. The molecule has 0 unspecified atom stereocenters. The van der Waals surface area contributed by atoms with Gasteiger partial charge in [-0.25, -0.2) is 4.98 Å². The predicted molar refractivity (Wildman–Crippen MR) is 119 cm³/mol. The Hall–Kier alpha value is -1.92. The average Bonchev–Trinajstić information content (AvgIpc) is 3.48. The molecule has 0 radical (unpaired) electrons. The fourth-order valence-electron chi connectivity index (χ4n) is 5.25. The zero-order valence-electron chi connectivity index (χ0n) is 17.5. The highest BCUT2D eigenvalue weighted by molar-refractivity contribution is 7.05. The van der Waals surface area contributed by atoms with Gasteiger partial charge in [-0.3, -0.25) is 4.90 Å². The van der Waals surface area contributed by atoms with Crippen LogP contribution in [-0.2, 0) is 6.54 Å². The number of benzene rings is 1. The van der Waals surface area contributed by atoms with E-state index in [1.54, 1.807) is 18.6 Å². The summed E-state index contributed by atoms with van der Waals surface area (Å²) in [5.41, 5.74) is 3.68. The maximum absolute atomic E-state index is 5.79. The number of aromatic nitrogens is 3. The van der Waals surface area contributed by atoms with Gasteiger partial charge in [0, 0.05) is 22.7 Å².